The van der Waals surface area contributed by atoms with E-state index in [-0.39, 0.29) is 23.5 Å². The number of amides is 1. The lowest BCUT2D eigenvalue weighted by molar-refractivity contribution is -0.116. The lowest BCUT2D eigenvalue weighted by Gasteiger charge is -2.29. The second-order valence-electron chi connectivity index (χ2n) is 7.73. The highest BCUT2D eigenvalue weighted by Gasteiger charge is 2.33. The molecule has 164 valence electrons. The minimum atomic E-state index is -3.66. The second kappa shape index (κ2) is 8.81. The van der Waals surface area contributed by atoms with Crippen LogP contribution in [-0.4, -0.2) is 41.5 Å². The maximum absolute atomic E-state index is 13.7. The van der Waals surface area contributed by atoms with Crippen molar-refractivity contribution >= 4 is 21.6 Å². The molecule has 3 rings (SSSR count). The predicted molar refractivity (Wildman–Crippen MR) is 108 cm³/mol. The molecule has 10 heteroatoms. The third kappa shape index (κ3) is 4.70. The topological polar surface area (TPSA) is 84.3 Å². The van der Waals surface area contributed by atoms with Crippen LogP contribution in [0.3, 0.4) is 0 Å². The number of sulfonamides is 1. The minimum absolute atomic E-state index is 0.0422. The van der Waals surface area contributed by atoms with E-state index in [0.29, 0.717) is 36.5 Å². The van der Waals surface area contributed by atoms with Crippen LogP contribution in [0.15, 0.2) is 23.1 Å². The Hall–Kier alpha value is -2.33. The molecule has 0 radical (unpaired) electrons. The van der Waals surface area contributed by atoms with E-state index in [4.69, 9.17) is 0 Å². The van der Waals surface area contributed by atoms with Crippen molar-refractivity contribution in [1.82, 2.24) is 14.1 Å². The Morgan fingerprint density at radius 2 is 1.90 bits per heavy atom. The number of anilines is 1. The smallest absolute Gasteiger partial charge is 0.246 e. The quantitative estimate of drug-likeness (QED) is 0.748. The van der Waals surface area contributed by atoms with Crippen molar-refractivity contribution in [2.24, 2.45) is 5.92 Å². The molecule has 1 amide bonds. The highest BCUT2D eigenvalue weighted by Crippen LogP contribution is 2.27. The Balaban J connectivity index is 1.70. The predicted octanol–water partition coefficient (Wildman–Crippen LogP) is 3.23. The summed E-state index contributed by atoms with van der Waals surface area (Å²) in [5.41, 5.74) is 0.736. The van der Waals surface area contributed by atoms with Gasteiger partial charge in [-0.15, -0.1) is 0 Å². The normalized spacial score (nSPS) is 16.0. The van der Waals surface area contributed by atoms with Crippen molar-refractivity contribution in [2.45, 2.75) is 51.5 Å². The van der Waals surface area contributed by atoms with Crippen LogP contribution in [0.5, 0.6) is 0 Å². The molecule has 1 fully saturated rings. The van der Waals surface area contributed by atoms with Gasteiger partial charge in [0.2, 0.25) is 15.9 Å². The van der Waals surface area contributed by atoms with Gasteiger partial charge < -0.3 is 5.32 Å². The van der Waals surface area contributed by atoms with Gasteiger partial charge in [0.25, 0.3) is 0 Å². The first-order valence-corrected chi connectivity index (χ1v) is 11.3. The van der Waals surface area contributed by atoms with E-state index in [1.165, 1.54) is 8.99 Å². The van der Waals surface area contributed by atoms with Crippen LogP contribution in [0.2, 0.25) is 0 Å². The lowest BCUT2D eigenvalue weighted by Crippen LogP contribution is -2.38. The number of halogens is 2. The molecule has 1 aromatic carbocycles. The highest BCUT2D eigenvalue weighted by molar-refractivity contribution is 7.89. The van der Waals surface area contributed by atoms with Gasteiger partial charge in [0, 0.05) is 25.6 Å². The number of carbonyl (C=O) groups is 1. The number of carbonyl (C=O) groups excluding carboxylic acids is 1. The fourth-order valence-electron chi connectivity index (χ4n) is 3.64. The van der Waals surface area contributed by atoms with Crippen LogP contribution >= 0.6 is 0 Å². The number of aromatic nitrogens is 2. The minimum Gasteiger partial charge on any atom is -0.324 e. The van der Waals surface area contributed by atoms with Gasteiger partial charge in [-0.1, -0.05) is 6.92 Å². The van der Waals surface area contributed by atoms with Crippen molar-refractivity contribution in [3.05, 3.63) is 41.2 Å². The number of hydrogen-bond acceptors (Lipinski definition) is 4. The van der Waals surface area contributed by atoms with Crippen LogP contribution in [0, 0.1) is 31.4 Å². The molecule has 0 unspecified atom stereocenters. The number of nitrogens with one attached hydrogen (secondary N) is 1. The molecule has 7 nitrogen and oxygen atoms in total. The van der Waals surface area contributed by atoms with Gasteiger partial charge >= 0.3 is 0 Å². The molecule has 0 saturated carbocycles. The Morgan fingerprint density at radius 3 is 2.53 bits per heavy atom. The summed E-state index contributed by atoms with van der Waals surface area (Å²) in [7, 11) is -3.66. The van der Waals surface area contributed by atoms with E-state index >= 15 is 0 Å². The fourth-order valence-corrected chi connectivity index (χ4v) is 5.48. The van der Waals surface area contributed by atoms with Crippen LogP contribution in [0.25, 0.3) is 0 Å². The summed E-state index contributed by atoms with van der Waals surface area (Å²) in [5.74, 6) is -1.57. The molecule has 0 spiro atoms. The molecule has 1 aliphatic heterocycles. The molecule has 1 N–H and O–H groups in total. The summed E-state index contributed by atoms with van der Waals surface area (Å²) in [6.07, 6.45) is 1.61. The zero-order chi connectivity index (χ0) is 22.1. The van der Waals surface area contributed by atoms with Gasteiger partial charge in [0.15, 0.2) is 0 Å². The van der Waals surface area contributed by atoms with Crippen molar-refractivity contribution in [3.63, 3.8) is 0 Å². The van der Waals surface area contributed by atoms with E-state index in [0.717, 1.165) is 25.0 Å². The average molecular weight is 441 g/mol. The molecule has 0 atom stereocenters. The van der Waals surface area contributed by atoms with Crippen molar-refractivity contribution in [1.29, 1.82) is 0 Å². The monoisotopic (exact) mass is 440 g/mol. The second-order valence-corrected chi connectivity index (χ2v) is 9.61. The summed E-state index contributed by atoms with van der Waals surface area (Å²) in [6.45, 7) is 6.52. The van der Waals surface area contributed by atoms with Gasteiger partial charge in [-0.3, -0.25) is 9.48 Å². The van der Waals surface area contributed by atoms with E-state index < -0.39 is 27.6 Å². The van der Waals surface area contributed by atoms with Gasteiger partial charge in [0.05, 0.1) is 23.6 Å². The third-order valence-corrected chi connectivity index (χ3v) is 7.56. The van der Waals surface area contributed by atoms with Crippen LogP contribution in [0.1, 0.15) is 37.6 Å². The standard InChI is InChI=1S/C20H26F2N4O3S/c1-13-6-9-25(10-7-13)30(28,29)20-14(2)24-26(15(20)3)11-8-19(27)23-18-5-4-16(21)12-17(18)22/h4-5,12-13H,6-11H2,1-3H3,(H,23,27). The molecule has 2 heterocycles. The van der Waals surface area contributed by atoms with E-state index in [2.05, 4.69) is 17.3 Å². The summed E-state index contributed by atoms with van der Waals surface area (Å²) in [6, 6.07) is 2.89. The van der Waals surface area contributed by atoms with Crippen LogP contribution in [-0.2, 0) is 21.4 Å². The SMILES string of the molecule is Cc1nn(CCC(=O)Nc2ccc(F)cc2F)c(C)c1S(=O)(=O)N1CCC(C)CC1. The lowest BCUT2D eigenvalue weighted by atomic mass is 10.0. The Kier molecular flexibility index (Phi) is 6.56. The van der Waals surface area contributed by atoms with E-state index in [9.17, 15) is 22.0 Å². The van der Waals surface area contributed by atoms with Crippen molar-refractivity contribution in [3.8, 4) is 0 Å². The van der Waals surface area contributed by atoms with Crippen molar-refractivity contribution in [2.75, 3.05) is 18.4 Å². The molecular formula is C20H26F2N4O3S. The number of benzene rings is 1. The van der Waals surface area contributed by atoms with E-state index in [1.807, 2.05) is 0 Å². The van der Waals surface area contributed by atoms with Crippen LogP contribution in [0.4, 0.5) is 14.5 Å². The number of aryl methyl sites for hydroxylation is 2. The molecule has 30 heavy (non-hydrogen) atoms. The summed E-state index contributed by atoms with van der Waals surface area (Å²) in [4.78, 5) is 12.3. The number of hydrogen-bond donors (Lipinski definition) is 1. The van der Waals surface area contributed by atoms with Gasteiger partial charge in [-0.2, -0.15) is 9.40 Å². The first-order valence-electron chi connectivity index (χ1n) is 9.88. The van der Waals surface area contributed by atoms with E-state index in [1.54, 1.807) is 13.8 Å². The summed E-state index contributed by atoms with van der Waals surface area (Å²) < 4.78 is 55.9. The first kappa shape index (κ1) is 22.4. The van der Waals surface area contributed by atoms with Crippen molar-refractivity contribution < 1.29 is 22.0 Å². The van der Waals surface area contributed by atoms with Gasteiger partial charge in [0.1, 0.15) is 16.5 Å². The average Bonchev–Trinajstić information content (AvgIpc) is 2.96. The van der Waals surface area contributed by atoms with Gasteiger partial charge in [-0.05, 0) is 44.7 Å². The molecular weight excluding hydrogens is 414 g/mol. The number of rotatable bonds is 6. The largest absolute Gasteiger partial charge is 0.324 e. The Morgan fingerprint density at radius 1 is 1.23 bits per heavy atom. The Bertz CT molecular complexity index is 1040. The third-order valence-electron chi connectivity index (χ3n) is 5.41. The summed E-state index contributed by atoms with van der Waals surface area (Å²) >= 11 is 0. The fraction of sp³-hybridized carbons (Fsp3) is 0.500. The Labute approximate surface area is 175 Å². The maximum Gasteiger partial charge on any atom is 0.246 e. The maximum atomic E-state index is 13.7. The zero-order valence-electron chi connectivity index (χ0n) is 17.3. The molecule has 2 aromatic rings. The molecule has 1 aliphatic rings. The number of nitrogens with zero attached hydrogens (tertiary/aromatic N) is 3. The molecule has 1 saturated heterocycles. The summed E-state index contributed by atoms with van der Waals surface area (Å²) in [5, 5.41) is 6.69. The molecule has 0 bridgehead atoms. The highest BCUT2D eigenvalue weighted by atomic mass is 32.2. The molecule has 1 aromatic heterocycles. The van der Waals surface area contributed by atoms with Gasteiger partial charge in [-0.25, -0.2) is 17.2 Å². The zero-order valence-corrected chi connectivity index (χ0v) is 18.1. The van der Waals surface area contributed by atoms with Crippen LogP contribution < -0.4 is 5.32 Å². The molecule has 0 aliphatic carbocycles. The number of piperidine rings is 1. The first-order chi connectivity index (χ1) is 14.1.